The van der Waals surface area contributed by atoms with Crippen LogP contribution in [0.15, 0.2) is 0 Å². The summed E-state index contributed by atoms with van der Waals surface area (Å²) in [6, 6.07) is -0.122. The molecule has 2 aliphatic heterocycles. The lowest BCUT2D eigenvalue weighted by Crippen LogP contribution is -2.55. The maximum absolute atomic E-state index is 12.4. The average Bonchev–Trinajstić information content (AvgIpc) is 2.98. The third-order valence-electron chi connectivity index (χ3n) is 5.02. The summed E-state index contributed by atoms with van der Waals surface area (Å²) in [5.74, 6) is 0.0165. The fraction of sp³-hybridized carbons (Fsp3) is 0.857. The number of hydrogen-bond acceptors (Lipinski definition) is 4. The van der Waals surface area contributed by atoms with Crippen LogP contribution in [0.3, 0.4) is 0 Å². The molecule has 3 fully saturated rings. The van der Waals surface area contributed by atoms with E-state index in [1.54, 1.807) is 7.11 Å². The van der Waals surface area contributed by atoms with E-state index < -0.39 is 0 Å². The number of ether oxygens (including phenoxy) is 1. The second kappa shape index (κ2) is 4.87. The molecule has 0 aromatic carbocycles. The first-order valence-electron chi connectivity index (χ1n) is 7.24. The Morgan fingerprint density at radius 1 is 1.16 bits per heavy atom. The van der Waals surface area contributed by atoms with Crippen LogP contribution < -0.4 is 5.32 Å². The van der Waals surface area contributed by atoms with E-state index >= 15 is 0 Å². The van der Waals surface area contributed by atoms with Gasteiger partial charge in [-0.1, -0.05) is 12.8 Å². The summed E-state index contributed by atoms with van der Waals surface area (Å²) in [6.07, 6.45) is 5.42. The molecule has 106 valence electrons. The van der Waals surface area contributed by atoms with Crippen LogP contribution in [-0.4, -0.2) is 49.1 Å². The number of carbonyl (C=O) groups excluding carboxylic acids is 2. The molecular formula is C14H22N2O3. The van der Waals surface area contributed by atoms with Crippen molar-refractivity contribution in [2.45, 2.75) is 50.7 Å². The van der Waals surface area contributed by atoms with Gasteiger partial charge in [0.05, 0.1) is 12.1 Å². The summed E-state index contributed by atoms with van der Waals surface area (Å²) in [4.78, 5) is 26.4. The molecule has 0 radical (unpaired) electrons. The van der Waals surface area contributed by atoms with Crippen molar-refractivity contribution in [2.75, 3.05) is 20.2 Å². The van der Waals surface area contributed by atoms with Gasteiger partial charge in [0.1, 0.15) is 0 Å². The molecule has 2 saturated heterocycles. The van der Waals surface area contributed by atoms with Gasteiger partial charge in [0.25, 0.3) is 0 Å². The molecule has 0 bridgehead atoms. The fourth-order valence-corrected chi connectivity index (χ4v) is 4.00. The first-order chi connectivity index (χ1) is 9.15. The molecule has 5 heteroatoms. The van der Waals surface area contributed by atoms with Crippen LogP contribution in [0.5, 0.6) is 0 Å². The number of amides is 2. The highest BCUT2D eigenvalue weighted by atomic mass is 16.5. The van der Waals surface area contributed by atoms with E-state index in [0.717, 1.165) is 25.7 Å². The molecule has 1 N–H and O–H groups in total. The van der Waals surface area contributed by atoms with Crippen molar-refractivity contribution in [1.29, 1.82) is 0 Å². The molecule has 2 amide bonds. The molecule has 0 aromatic rings. The van der Waals surface area contributed by atoms with Crippen molar-refractivity contribution in [3.05, 3.63) is 0 Å². The van der Waals surface area contributed by atoms with Crippen LogP contribution in [0.25, 0.3) is 0 Å². The minimum absolute atomic E-state index is 0.00824. The monoisotopic (exact) mass is 266 g/mol. The number of rotatable bonds is 2. The average molecular weight is 266 g/mol. The van der Waals surface area contributed by atoms with E-state index in [4.69, 9.17) is 4.74 Å². The second-order valence-corrected chi connectivity index (χ2v) is 6.22. The van der Waals surface area contributed by atoms with E-state index in [2.05, 4.69) is 5.32 Å². The second-order valence-electron chi connectivity index (χ2n) is 6.22. The van der Waals surface area contributed by atoms with E-state index in [0.29, 0.717) is 25.9 Å². The van der Waals surface area contributed by atoms with Crippen molar-refractivity contribution in [2.24, 2.45) is 5.41 Å². The number of piperidine rings is 1. The van der Waals surface area contributed by atoms with Gasteiger partial charge in [-0.3, -0.25) is 14.5 Å². The summed E-state index contributed by atoms with van der Waals surface area (Å²) in [5, 5.41) is 3.20. The van der Waals surface area contributed by atoms with Crippen LogP contribution >= 0.6 is 0 Å². The van der Waals surface area contributed by atoms with Gasteiger partial charge in [-0.2, -0.15) is 0 Å². The molecule has 3 rings (SSSR count). The molecule has 2 atom stereocenters. The number of carbonyl (C=O) groups is 2. The molecule has 19 heavy (non-hydrogen) atoms. The Morgan fingerprint density at radius 3 is 2.37 bits per heavy atom. The third kappa shape index (κ3) is 2.19. The molecule has 1 spiro atoms. The number of nitrogens with zero attached hydrogens (tertiary/aromatic N) is 1. The van der Waals surface area contributed by atoms with E-state index in [9.17, 15) is 9.59 Å². The molecule has 1 aliphatic carbocycles. The molecule has 0 aromatic heterocycles. The highest BCUT2D eigenvalue weighted by Gasteiger charge is 2.48. The minimum atomic E-state index is -0.122. The third-order valence-corrected chi connectivity index (χ3v) is 5.02. The van der Waals surface area contributed by atoms with Gasteiger partial charge in [-0.15, -0.1) is 0 Å². The first-order valence-corrected chi connectivity index (χ1v) is 7.24. The fourth-order valence-electron chi connectivity index (χ4n) is 4.00. The zero-order valence-electron chi connectivity index (χ0n) is 11.5. The van der Waals surface area contributed by atoms with Gasteiger partial charge >= 0.3 is 0 Å². The predicted molar refractivity (Wildman–Crippen MR) is 69.4 cm³/mol. The molecular weight excluding hydrogens is 244 g/mol. The predicted octanol–water partition coefficient (Wildman–Crippen LogP) is 0.683. The van der Waals surface area contributed by atoms with Crippen LogP contribution in [0.1, 0.15) is 38.5 Å². The lowest BCUT2D eigenvalue weighted by molar-refractivity contribution is -0.158. The van der Waals surface area contributed by atoms with Gasteiger partial charge in [-0.25, -0.2) is 0 Å². The van der Waals surface area contributed by atoms with E-state index in [1.165, 1.54) is 4.90 Å². The van der Waals surface area contributed by atoms with Crippen LogP contribution in [0.4, 0.5) is 0 Å². The highest BCUT2D eigenvalue weighted by molar-refractivity contribution is 5.99. The Balaban J connectivity index is 1.77. The van der Waals surface area contributed by atoms with Crippen molar-refractivity contribution >= 4 is 11.8 Å². The summed E-state index contributed by atoms with van der Waals surface area (Å²) in [6.45, 7) is 1.37. The van der Waals surface area contributed by atoms with Gasteiger partial charge in [0.2, 0.25) is 11.8 Å². The SMILES string of the molecule is CO[C@H]1CNCC1N1C(=O)CC2(CCCC2)CC1=O. The Bertz CT molecular complexity index is 370. The lowest BCUT2D eigenvalue weighted by Gasteiger charge is -2.40. The number of hydrogen-bond donors (Lipinski definition) is 1. The summed E-state index contributed by atoms with van der Waals surface area (Å²) >= 11 is 0. The lowest BCUT2D eigenvalue weighted by atomic mass is 9.76. The van der Waals surface area contributed by atoms with Crippen LogP contribution in [0.2, 0.25) is 0 Å². The van der Waals surface area contributed by atoms with Crippen LogP contribution in [0, 0.1) is 5.41 Å². The Hall–Kier alpha value is -0.940. The summed E-state index contributed by atoms with van der Waals surface area (Å²) in [7, 11) is 1.64. The molecule has 2 heterocycles. The Labute approximate surface area is 113 Å². The summed E-state index contributed by atoms with van der Waals surface area (Å²) in [5.41, 5.74) is -0.0146. The maximum Gasteiger partial charge on any atom is 0.230 e. The Morgan fingerprint density at radius 2 is 1.79 bits per heavy atom. The zero-order valence-corrected chi connectivity index (χ0v) is 11.5. The topological polar surface area (TPSA) is 58.6 Å². The first kappa shape index (κ1) is 13.1. The standard InChI is InChI=1S/C14H22N2O3/c1-19-11-9-15-8-10(11)16-12(17)6-14(7-13(16)18)4-2-3-5-14/h10-11,15H,2-9H2,1H3/t10?,11-/m0/s1. The zero-order chi connectivity index (χ0) is 13.5. The molecule has 5 nitrogen and oxygen atoms in total. The number of likely N-dealkylation sites (tertiary alicyclic amines) is 1. The van der Waals surface area contributed by atoms with E-state index in [1.807, 2.05) is 0 Å². The van der Waals surface area contributed by atoms with E-state index in [-0.39, 0.29) is 29.4 Å². The maximum atomic E-state index is 12.4. The Kier molecular flexibility index (Phi) is 3.35. The largest absolute Gasteiger partial charge is 0.378 e. The van der Waals surface area contributed by atoms with Gasteiger partial charge in [0.15, 0.2) is 0 Å². The minimum Gasteiger partial charge on any atom is -0.378 e. The molecule has 3 aliphatic rings. The van der Waals surface area contributed by atoms with Crippen molar-refractivity contribution in [1.82, 2.24) is 10.2 Å². The number of nitrogens with one attached hydrogen (secondary N) is 1. The van der Waals surface area contributed by atoms with Gasteiger partial charge in [-0.05, 0) is 18.3 Å². The number of imide groups is 1. The highest BCUT2D eigenvalue weighted by Crippen LogP contribution is 2.47. The van der Waals surface area contributed by atoms with Gasteiger partial charge in [0, 0.05) is 33.0 Å². The molecule has 1 unspecified atom stereocenters. The quantitative estimate of drug-likeness (QED) is 0.747. The van der Waals surface area contributed by atoms with Crippen molar-refractivity contribution < 1.29 is 14.3 Å². The van der Waals surface area contributed by atoms with Gasteiger partial charge < -0.3 is 10.1 Å². The molecule has 1 saturated carbocycles. The normalized spacial score (nSPS) is 34.5. The van der Waals surface area contributed by atoms with Crippen molar-refractivity contribution in [3.8, 4) is 0 Å². The van der Waals surface area contributed by atoms with Crippen LogP contribution in [-0.2, 0) is 14.3 Å². The number of methoxy groups -OCH3 is 1. The summed E-state index contributed by atoms with van der Waals surface area (Å²) < 4.78 is 5.38. The smallest absolute Gasteiger partial charge is 0.230 e. The van der Waals surface area contributed by atoms with Crippen molar-refractivity contribution in [3.63, 3.8) is 0 Å².